The van der Waals surface area contributed by atoms with Gasteiger partial charge in [0, 0.05) is 12.1 Å². The second-order valence-electron chi connectivity index (χ2n) is 4.07. The first kappa shape index (κ1) is 12.5. The van der Waals surface area contributed by atoms with Gasteiger partial charge in [-0.25, -0.2) is 0 Å². The topological polar surface area (TPSA) is 95.7 Å². The number of para-hydroxylation sites is 1. The fraction of sp³-hybridized carbons (Fsp3) is 0.333. The average molecular weight is 249 g/mol. The van der Waals surface area contributed by atoms with Gasteiger partial charge < -0.3 is 21.1 Å². The third-order valence-corrected chi connectivity index (χ3v) is 2.85. The van der Waals surface area contributed by atoms with E-state index < -0.39 is 6.10 Å². The molecular weight excluding hydrogens is 234 g/mol. The maximum atomic E-state index is 11.8. The first-order valence-electron chi connectivity index (χ1n) is 5.67. The van der Waals surface area contributed by atoms with Crippen LogP contribution in [0.25, 0.3) is 0 Å². The second kappa shape index (κ2) is 5.16. The van der Waals surface area contributed by atoms with Crippen LogP contribution < -0.4 is 16.0 Å². The predicted octanol–water partition coefficient (Wildman–Crippen LogP) is -0.859. The van der Waals surface area contributed by atoms with Gasteiger partial charge in [0.1, 0.15) is 6.54 Å². The van der Waals surface area contributed by atoms with Gasteiger partial charge in [0.2, 0.25) is 11.8 Å². The maximum Gasteiger partial charge on any atom is 0.246 e. The number of hydrogen-bond donors (Lipinski definition) is 3. The van der Waals surface area contributed by atoms with Crippen molar-refractivity contribution in [3.63, 3.8) is 0 Å². The number of carbonyl (C=O) groups excluding carboxylic acids is 2. The van der Waals surface area contributed by atoms with E-state index in [0.29, 0.717) is 11.3 Å². The zero-order valence-electron chi connectivity index (χ0n) is 9.80. The smallest absolute Gasteiger partial charge is 0.246 e. The lowest BCUT2D eigenvalue weighted by atomic mass is 10.1. The van der Waals surface area contributed by atoms with Gasteiger partial charge in [0.05, 0.1) is 18.3 Å². The number of anilines is 1. The molecular formula is C12H15N3O3. The Morgan fingerprint density at radius 3 is 2.83 bits per heavy atom. The third kappa shape index (κ3) is 2.34. The van der Waals surface area contributed by atoms with Gasteiger partial charge in [0.15, 0.2) is 0 Å². The van der Waals surface area contributed by atoms with E-state index in [0.717, 1.165) is 0 Å². The molecule has 0 aromatic heterocycles. The Hall–Kier alpha value is -1.92. The maximum absolute atomic E-state index is 11.8. The highest BCUT2D eigenvalue weighted by molar-refractivity contribution is 6.04. The van der Waals surface area contributed by atoms with Crippen molar-refractivity contribution < 1.29 is 14.7 Å². The zero-order chi connectivity index (χ0) is 13.1. The highest BCUT2D eigenvalue weighted by Gasteiger charge is 2.27. The van der Waals surface area contributed by atoms with E-state index in [9.17, 15) is 14.7 Å². The number of nitrogens with two attached hydrogens (primary N) is 1. The largest absolute Gasteiger partial charge is 0.387 e. The second-order valence-corrected chi connectivity index (χ2v) is 4.07. The van der Waals surface area contributed by atoms with Gasteiger partial charge in [-0.05, 0) is 6.07 Å². The molecule has 0 saturated carbocycles. The summed E-state index contributed by atoms with van der Waals surface area (Å²) < 4.78 is 0. The molecule has 2 amide bonds. The summed E-state index contributed by atoms with van der Waals surface area (Å²) in [4.78, 5) is 24.5. The van der Waals surface area contributed by atoms with Crippen LogP contribution in [0.2, 0.25) is 0 Å². The third-order valence-electron chi connectivity index (χ3n) is 2.85. The summed E-state index contributed by atoms with van der Waals surface area (Å²) in [5.41, 5.74) is 6.53. The van der Waals surface area contributed by atoms with Gasteiger partial charge in [-0.1, -0.05) is 18.2 Å². The van der Waals surface area contributed by atoms with Crippen molar-refractivity contribution in [2.45, 2.75) is 6.10 Å². The van der Waals surface area contributed by atoms with Crippen molar-refractivity contribution in [1.82, 2.24) is 5.32 Å². The molecule has 4 N–H and O–H groups in total. The quantitative estimate of drug-likeness (QED) is 0.649. The summed E-state index contributed by atoms with van der Waals surface area (Å²) in [7, 11) is 0. The Bertz CT molecular complexity index is 475. The minimum absolute atomic E-state index is 0.0219. The molecule has 1 heterocycles. The minimum Gasteiger partial charge on any atom is -0.387 e. The van der Waals surface area contributed by atoms with E-state index in [1.165, 1.54) is 4.90 Å². The normalized spacial score (nSPS) is 17.6. The monoisotopic (exact) mass is 249 g/mol. The van der Waals surface area contributed by atoms with Crippen LogP contribution in [0.3, 0.4) is 0 Å². The van der Waals surface area contributed by atoms with Crippen LogP contribution in [0.5, 0.6) is 0 Å². The van der Waals surface area contributed by atoms with Gasteiger partial charge in [-0.15, -0.1) is 0 Å². The van der Waals surface area contributed by atoms with E-state index in [1.54, 1.807) is 24.3 Å². The van der Waals surface area contributed by atoms with Crippen LogP contribution in [0.4, 0.5) is 5.69 Å². The molecule has 2 rings (SSSR count). The Morgan fingerprint density at radius 1 is 1.39 bits per heavy atom. The van der Waals surface area contributed by atoms with Crippen LogP contribution in [-0.2, 0) is 9.59 Å². The molecule has 1 fully saturated rings. The SMILES string of the molecule is NCC(O)c1ccccc1N1CC(=O)NCC1=O. The number of nitrogens with one attached hydrogen (secondary N) is 1. The van der Waals surface area contributed by atoms with Gasteiger partial charge in [-0.3, -0.25) is 9.59 Å². The summed E-state index contributed by atoms with van der Waals surface area (Å²) >= 11 is 0. The Balaban J connectivity index is 2.37. The number of benzene rings is 1. The highest BCUT2D eigenvalue weighted by Crippen LogP contribution is 2.26. The predicted molar refractivity (Wildman–Crippen MR) is 65.8 cm³/mol. The van der Waals surface area contributed by atoms with Crippen molar-refractivity contribution in [3.8, 4) is 0 Å². The van der Waals surface area contributed by atoms with Crippen LogP contribution in [-0.4, -0.2) is 36.6 Å². The Morgan fingerprint density at radius 2 is 2.11 bits per heavy atom. The fourth-order valence-corrected chi connectivity index (χ4v) is 1.92. The van der Waals surface area contributed by atoms with E-state index in [2.05, 4.69) is 5.32 Å². The molecule has 1 saturated heterocycles. The minimum atomic E-state index is -0.848. The van der Waals surface area contributed by atoms with Gasteiger partial charge in [0.25, 0.3) is 0 Å². The first-order valence-corrected chi connectivity index (χ1v) is 5.67. The fourth-order valence-electron chi connectivity index (χ4n) is 1.92. The molecule has 6 nitrogen and oxygen atoms in total. The van der Waals surface area contributed by atoms with Crippen molar-refractivity contribution >= 4 is 17.5 Å². The van der Waals surface area contributed by atoms with Crippen molar-refractivity contribution in [2.24, 2.45) is 5.73 Å². The van der Waals surface area contributed by atoms with Gasteiger partial charge >= 0.3 is 0 Å². The van der Waals surface area contributed by atoms with E-state index in [4.69, 9.17) is 5.73 Å². The summed E-state index contributed by atoms with van der Waals surface area (Å²) in [5, 5.41) is 12.3. The number of rotatable bonds is 3. The van der Waals surface area contributed by atoms with Crippen LogP contribution >= 0.6 is 0 Å². The number of nitrogens with zero attached hydrogens (tertiary/aromatic N) is 1. The number of piperazine rings is 1. The zero-order valence-corrected chi connectivity index (χ0v) is 9.80. The summed E-state index contributed by atoms with van der Waals surface area (Å²) in [6.45, 7) is 0.00423. The van der Waals surface area contributed by atoms with Crippen molar-refractivity contribution in [1.29, 1.82) is 0 Å². The first-order chi connectivity index (χ1) is 8.63. The Kier molecular flexibility index (Phi) is 3.59. The van der Waals surface area contributed by atoms with E-state index in [-0.39, 0.29) is 31.4 Å². The molecule has 0 radical (unpaired) electrons. The van der Waals surface area contributed by atoms with Crippen molar-refractivity contribution in [2.75, 3.05) is 24.5 Å². The lowest BCUT2D eigenvalue weighted by Crippen LogP contribution is -2.52. The molecule has 1 aromatic carbocycles. The van der Waals surface area contributed by atoms with Crippen LogP contribution in [0.15, 0.2) is 24.3 Å². The molecule has 1 atom stereocenters. The van der Waals surface area contributed by atoms with E-state index >= 15 is 0 Å². The number of aliphatic hydroxyl groups excluding tert-OH is 1. The van der Waals surface area contributed by atoms with E-state index in [1.807, 2.05) is 0 Å². The molecule has 6 heteroatoms. The molecule has 0 aliphatic carbocycles. The lowest BCUT2D eigenvalue weighted by molar-refractivity contribution is -0.128. The molecule has 1 aliphatic rings. The number of hydrogen-bond acceptors (Lipinski definition) is 4. The Labute approximate surface area is 104 Å². The number of aliphatic hydroxyl groups is 1. The summed E-state index contributed by atoms with van der Waals surface area (Å²) in [6.07, 6.45) is -0.848. The van der Waals surface area contributed by atoms with Crippen LogP contribution in [0.1, 0.15) is 11.7 Å². The standard InChI is InChI=1S/C12H15N3O3/c13-5-10(16)8-3-1-2-4-9(8)15-7-11(17)14-6-12(15)18/h1-4,10,16H,5-7,13H2,(H,14,17). The molecule has 0 bridgehead atoms. The number of carbonyl (C=O) groups is 2. The molecule has 1 unspecified atom stereocenters. The van der Waals surface area contributed by atoms with Gasteiger partial charge in [-0.2, -0.15) is 0 Å². The molecule has 1 aromatic rings. The molecule has 96 valence electrons. The molecule has 1 aliphatic heterocycles. The van der Waals surface area contributed by atoms with Crippen LogP contribution in [0, 0.1) is 0 Å². The average Bonchev–Trinajstić information content (AvgIpc) is 2.40. The molecule has 18 heavy (non-hydrogen) atoms. The molecule has 0 spiro atoms. The number of amides is 2. The summed E-state index contributed by atoms with van der Waals surface area (Å²) in [5.74, 6) is -0.419. The lowest BCUT2D eigenvalue weighted by Gasteiger charge is -2.29. The highest BCUT2D eigenvalue weighted by atomic mass is 16.3. The summed E-state index contributed by atoms with van der Waals surface area (Å²) in [6, 6.07) is 6.91. The van der Waals surface area contributed by atoms with Crippen molar-refractivity contribution in [3.05, 3.63) is 29.8 Å².